The van der Waals surface area contributed by atoms with Crippen LogP contribution in [0, 0.1) is 19.7 Å². The third kappa shape index (κ3) is 4.33. The number of carbonyl (C=O) groups excluding carboxylic acids is 2. The van der Waals surface area contributed by atoms with Crippen molar-refractivity contribution in [2.75, 3.05) is 13.7 Å². The summed E-state index contributed by atoms with van der Waals surface area (Å²) in [6, 6.07) is 8.04. The smallest absolute Gasteiger partial charge is 0.341 e. The molecule has 1 N–H and O–H groups in total. The van der Waals surface area contributed by atoms with Gasteiger partial charge in [0.15, 0.2) is 6.61 Å². The Morgan fingerprint density at radius 2 is 1.77 bits per heavy atom. The number of hydrogen-bond donors (Lipinski definition) is 1. The highest BCUT2D eigenvalue weighted by Gasteiger charge is 2.20. The lowest BCUT2D eigenvalue weighted by Gasteiger charge is -2.09. The molecule has 0 saturated heterocycles. The van der Waals surface area contributed by atoms with Gasteiger partial charge in [0.2, 0.25) is 15.8 Å². The summed E-state index contributed by atoms with van der Waals surface area (Å²) in [5, 5.41) is 0. The second-order valence-electron chi connectivity index (χ2n) is 5.67. The summed E-state index contributed by atoms with van der Waals surface area (Å²) in [5.41, 5.74) is 1.45. The normalized spacial score (nSPS) is 11.2. The molecule has 0 atom stereocenters. The van der Waals surface area contributed by atoms with E-state index >= 15 is 0 Å². The maximum atomic E-state index is 13.9. The number of esters is 1. The van der Waals surface area contributed by atoms with E-state index in [0.717, 1.165) is 29.3 Å². The largest absolute Gasteiger partial charge is 0.454 e. The molecule has 26 heavy (non-hydrogen) atoms. The van der Waals surface area contributed by atoms with Crippen LogP contribution in [0.3, 0.4) is 0 Å². The van der Waals surface area contributed by atoms with Crippen LogP contribution in [0.4, 0.5) is 4.39 Å². The van der Waals surface area contributed by atoms with Crippen molar-refractivity contribution in [3.63, 3.8) is 0 Å². The maximum Gasteiger partial charge on any atom is 0.341 e. The third-order valence-corrected chi connectivity index (χ3v) is 5.18. The summed E-state index contributed by atoms with van der Waals surface area (Å²) in [5.74, 6) is -2.49. The number of hydrogen-bond acceptors (Lipinski definition) is 5. The van der Waals surface area contributed by atoms with Gasteiger partial charge in [-0.3, -0.25) is 4.79 Å². The fourth-order valence-corrected chi connectivity index (χ4v) is 3.02. The van der Waals surface area contributed by atoms with Crippen molar-refractivity contribution in [2.45, 2.75) is 18.7 Å². The number of benzene rings is 2. The number of ketones is 1. The average molecular weight is 379 g/mol. The topological polar surface area (TPSA) is 89.5 Å². The van der Waals surface area contributed by atoms with Crippen LogP contribution in [0.25, 0.3) is 0 Å². The van der Waals surface area contributed by atoms with Gasteiger partial charge in [-0.1, -0.05) is 17.7 Å². The molecular weight excluding hydrogens is 361 g/mol. The van der Waals surface area contributed by atoms with Crippen LogP contribution in [0.1, 0.15) is 31.8 Å². The summed E-state index contributed by atoms with van der Waals surface area (Å²) in [6.45, 7) is 3.00. The Balaban J connectivity index is 2.19. The van der Waals surface area contributed by atoms with Gasteiger partial charge in [0.1, 0.15) is 5.82 Å². The van der Waals surface area contributed by atoms with E-state index in [9.17, 15) is 22.4 Å². The van der Waals surface area contributed by atoms with Crippen molar-refractivity contribution < 1.29 is 27.1 Å². The SMILES string of the molecule is CNS(=O)(=O)c1ccc(F)c(C(=O)OCC(=O)c2cc(C)ccc2C)c1. The van der Waals surface area contributed by atoms with Gasteiger partial charge in [0, 0.05) is 5.56 Å². The maximum absolute atomic E-state index is 13.9. The first-order valence-corrected chi connectivity index (χ1v) is 9.14. The zero-order valence-corrected chi connectivity index (χ0v) is 15.3. The summed E-state index contributed by atoms with van der Waals surface area (Å²) in [6.07, 6.45) is 0. The van der Waals surface area contributed by atoms with Gasteiger partial charge in [-0.2, -0.15) is 0 Å². The predicted molar refractivity (Wildman–Crippen MR) is 93.2 cm³/mol. The fourth-order valence-electron chi connectivity index (χ4n) is 2.27. The minimum atomic E-state index is -3.85. The van der Waals surface area contributed by atoms with E-state index in [2.05, 4.69) is 4.72 Å². The van der Waals surface area contributed by atoms with Crippen molar-refractivity contribution in [2.24, 2.45) is 0 Å². The van der Waals surface area contributed by atoms with Crippen molar-refractivity contribution in [1.82, 2.24) is 4.72 Å². The Morgan fingerprint density at radius 1 is 1.08 bits per heavy atom. The standard InChI is InChI=1S/C18H18FNO5S/c1-11-4-5-12(2)14(8-11)17(21)10-25-18(22)15-9-13(6-7-16(15)19)26(23,24)20-3/h4-9,20H,10H2,1-3H3. The number of rotatable bonds is 6. The van der Waals surface area contributed by atoms with E-state index in [4.69, 9.17) is 4.74 Å². The lowest BCUT2D eigenvalue weighted by molar-refractivity contribution is 0.0469. The van der Waals surface area contributed by atoms with Crippen molar-refractivity contribution in [3.8, 4) is 0 Å². The van der Waals surface area contributed by atoms with Crippen molar-refractivity contribution in [3.05, 3.63) is 64.5 Å². The Morgan fingerprint density at radius 3 is 2.42 bits per heavy atom. The van der Waals surface area contributed by atoms with Crippen LogP contribution in [-0.2, 0) is 14.8 Å². The van der Waals surface area contributed by atoms with Gasteiger partial charge in [-0.25, -0.2) is 22.3 Å². The highest BCUT2D eigenvalue weighted by Crippen LogP contribution is 2.17. The molecule has 0 saturated carbocycles. The number of nitrogens with one attached hydrogen (secondary N) is 1. The summed E-state index contributed by atoms with van der Waals surface area (Å²) < 4.78 is 44.4. The Labute approximate surface area is 151 Å². The molecule has 2 rings (SSSR count). The molecule has 0 spiro atoms. The molecule has 0 amide bonds. The Hall–Kier alpha value is -2.58. The predicted octanol–water partition coefficient (Wildman–Crippen LogP) is 2.39. The number of carbonyl (C=O) groups is 2. The Kier molecular flexibility index (Phi) is 5.89. The van der Waals surface area contributed by atoms with Gasteiger partial charge in [0.25, 0.3) is 0 Å². The van der Waals surface area contributed by atoms with E-state index in [0.29, 0.717) is 5.56 Å². The monoisotopic (exact) mass is 379 g/mol. The lowest BCUT2D eigenvalue weighted by atomic mass is 10.0. The molecule has 0 fully saturated rings. The molecule has 0 radical (unpaired) electrons. The van der Waals surface area contributed by atoms with Crippen molar-refractivity contribution >= 4 is 21.8 Å². The van der Waals surface area contributed by atoms with Gasteiger partial charge in [-0.05, 0) is 50.7 Å². The number of aryl methyl sites for hydroxylation is 2. The number of halogens is 1. The van der Waals surface area contributed by atoms with Crippen molar-refractivity contribution in [1.29, 1.82) is 0 Å². The van der Waals surface area contributed by atoms with Crippen LogP contribution >= 0.6 is 0 Å². The molecule has 6 nitrogen and oxygen atoms in total. The summed E-state index contributed by atoms with van der Waals surface area (Å²) in [4.78, 5) is 24.0. The average Bonchev–Trinajstić information content (AvgIpc) is 2.61. The van der Waals surface area contributed by atoms with E-state index in [1.807, 2.05) is 13.0 Å². The van der Waals surface area contributed by atoms with Gasteiger partial charge >= 0.3 is 5.97 Å². The van der Waals surface area contributed by atoms with Crippen LogP contribution in [0.15, 0.2) is 41.3 Å². The molecule has 0 unspecified atom stereocenters. The molecule has 138 valence electrons. The van der Waals surface area contributed by atoms with Gasteiger partial charge in [-0.15, -0.1) is 0 Å². The molecule has 2 aromatic carbocycles. The molecule has 0 heterocycles. The Bertz CT molecular complexity index is 970. The van der Waals surface area contributed by atoms with Crippen LogP contribution in [0.2, 0.25) is 0 Å². The second kappa shape index (κ2) is 7.76. The molecule has 0 aliphatic heterocycles. The molecule has 2 aromatic rings. The zero-order chi connectivity index (χ0) is 19.5. The first-order chi connectivity index (χ1) is 12.2. The molecule has 8 heteroatoms. The second-order valence-corrected chi connectivity index (χ2v) is 7.55. The molecular formula is C18H18FNO5S. The molecule has 0 bridgehead atoms. The van der Waals surface area contributed by atoms with E-state index in [1.54, 1.807) is 19.1 Å². The van der Waals surface area contributed by atoms with Gasteiger partial charge in [0.05, 0.1) is 10.5 Å². The number of ether oxygens (including phenoxy) is 1. The first kappa shape index (κ1) is 19.7. The van der Waals surface area contributed by atoms with Crippen LogP contribution in [-0.4, -0.2) is 33.8 Å². The van der Waals surface area contributed by atoms with E-state index in [1.165, 1.54) is 7.05 Å². The number of Topliss-reactive ketones (excluding diaryl/α,β-unsaturated/α-hetero) is 1. The number of sulfonamides is 1. The molecule has 0 aliphatic carbocycles. The molecule has 0 aromatic heterocycles. The van der Waals surface area contributed by atoms with Crippen LogP contribution in [0.5, 0.6) is 0 Å². The minimum absolute atomic E-state index is 0.283. The lowest BCUT2D eigenvalue weighted by Crippen LogP contribution is -2.20. The van der Waals surface area contributed by atoms with E-state index in [-0.39, 0.29) is 4.90 Å². The zero-order valence-electron chi connectivity index (χ0n) is 14.5. The third-order valence-electron chi connectivity index (χ3n) is 3.76. The molecule has 0 aliphatic rings. The highest BCUT2D eigenvalue weighted by molar-refractivity contribution is 7.89. The quantitative estimate of drug-likeness (QED) is 0.615. The fraction of sp³-hybridized carbons (Fsp3) is 0.222. The highest BCUT2D eigenvalue weighted by atomic mass is 32.2. The summed E-state index contributed by atoms with van der Waals surface area (Å²) >= 11 is 0. The first-order valence-electron chi connectivity index (χ1n) is 7.66. The van der Waals surface area contributed by atoms with Crippen LogP contribution < -0.4 is 4.72 Å². The van der Waals surface area contributed by atoms with Gasteiger partial charge < -0.3 is 4.74 Å². The van der Waals surface area contributed by atoms with E-state index < -0.39 is 39.8 Å². The minimum Gasteiger partial charge on any atom is -0.454 e. The summed E-state index contributed by atoms with van der Waals surface area (Å²) in [7, 11) is -2.65.